The lowest BCUT2D eigenvalue weighted by Crippen LogP contribution is -2.29. The van der Waals surface area contributed by atoms with Gasteiger partial charge in [-0.3, -0.25) is 0 Å². The standard InChI is InChI=1S/C23H20N2S2/c1-16-11-13-18(14-12-16)27-21-15-26-23-24-19-9-5-6-10-20(19)25(23)22(21)17-7-3-2-4-8-17/h2-14,21-22H,15H2,1H3/t21-,22-/m0/s1. The van der Waals surface area contributed by atoms with Gasteiger partial charge in [-0.25, -0.2) is 4.98 Å². The molecule has 0 N–H and O–H groups in total. The minimum atomic E-state index is 0.279. The van der Waals surface area contributed by atoms with Gasteiger partial charge in [-0.05, 0) is 36.8 Å². The van der Waals surface area contributed by atoms with Gasteiger partial charge in [-0.2, -0.15) is 0 Å². The summed E-state index contributed by atoms with van der Waals surface area (Å²) in [6.07, 6.45) is 0. The van der Waals surface area contributed by atoms with E-state index in [2.05, 4.69) is 90.4 Å². The zero-order chi connectivity index (χ0) is 18.2. The predicted octanol–water partition coefficient (Wildman–Crippen LogP) is 6.20. The average molecular weight is 389 g/mol. The summed E-state index contributed by atoms with van der Waals surface area (Å²) in [7, 11) is 0. The first-order valence-corrected chi connectivity index (χ1v) is 11.0. The average Bonchev–Trinajstić information content (AvgIpc) is 3.09. The maximum absolute atomic E-state index is 4.90. The molecule has 0 bridgehead atoms. The summed E-state index contributed by atoms with van der Waals surface area (Å²) in [5, 5.41) is 1.58. The van der Waals surface area contributed by atoms with E-state index in [9.17, 15) is 0 Å². The number of thioether (sulfide) groups is 2. The molecule has 27 heavy (non-hydrogen) atoms. The van der Waals surface area contributed by atoms with Crippen LogP contribution in [0, 0.1) is 6.92 Å². The monoisotopic (exact) mass is 388 g/mol. The number of benzene rings is 3. The number of fused-ring (bicyclic) bond motifs is 3. The van der Waals surface area contributed by atoms with Crippen LogP contribution in [0.3, 0.4) is 0 Å². The van der Waals surface area contributed by atoms with Crippen molar-refractivity contribution in [1.29, 1.82) is 0 Å². The van der Waals surface area contributed by atoms with E-state index in [1.807, 2.05) is 23.5 Å². The number of aromatic nitrogens is 2. The second-order valence-corrected chi connectivity index (χ2v) is 9.19. The maximum Gasteiger partial charge on any atom is 0.169 e. The van der Waals surface area contributed by atoms with Gasteiger partial charge >= 0.3 is 0 Å². The number of aryl methyl sites for hydroxylation is 1. The van der Waals surface area contributed by atoms with Gasteiger partial charge in [0.1, 0.15) is 0 Å². The highest BCUT2D eigenvalue weighted by Crippen LogP contribution is 2.45. The van der Waals surface area contributed by atoms with Crippen molar-refractivity contribution in [3.05, 3.63) is 90.0 Å². The second kappa shape index (κ2) is 7.10. The maximum atomic E-state index is 4.90. The third kappa shape index (κ3) is 3.17. The van der Waals surface area contributed by atoms with Crippen molar-refractivity contribution < 1.29 is 0 Å². The lowest BCUT2D eigenvalue weighted by molar-refractivity contribution is 0.539. The van der Waals surface area contributed by atoms with Crippen molar-refractivity contribution in [2.45, 2.75) is 28.3 Å². The lowest BCUT2D eigenvalue weighted by Gasteiger charge is -2.33. The second-order valence-electron chi connectivity index (χ2n) is 6.89. The van der Waals surface area contributed by atoms with Gasteiger partial charge < -0.3 is 4.57 Å². The molecule has 4 heteroatoms. The molecule has 1 aliphatic heterocycles. The summed E-state index contributed by atoms with van der Waals surface area (Å²) < 4.78 is 2.45. The molecule has 3 aromatic carbocycles. The van der Waals surface area contributed by atoms with E-state index in [0.29, 0.717) is 5.25 Å². The quantitative estimate of drug-likeness (QED) is 0.416. The minimum Gasteiger partial charge on any atom is -0.310 e. The van der Waals surface area contributed by atoms with Crippen LogP contribution in [-0.2, 0) is 0 Å². The first kappa shape index (κ1) is 17.0. The van der Waals surface area contributed by atoms with E-state index >= 15 is 0 Å². The van der Waals surface area contributed by atoms with Crippen molar-refractivity contribution >= 4 is 34.6 Å². The SMILES string of the molecule is Cc1ccc(S[C@H]2CSc3nc4ccccc4n3[C@H]2c2ccccc2)cc1. The Morgan fingerprint density at radius 2 is 1.67 bits per heavy atom. The fourth-order valence-corrected chi connectivity index (χ4v) is 6.25. The molecule has 0 unspecified atom stereocenters. The molecule has 1 aromatic heterocycles. The molecular formula is C23H20N2S2. The van der Waals surface area contributed by atoms with Crippen molar-refractivity contribution in [3.63, 3.8) is 0 Å². The largest absolute Gasteiger partial charge is 0.310 e. The topological polar surface area (TPSA) is 17.8 Å². The molecule has 0 saturated heterocycles. The van der Waals surface area contributed by atoms with Gasteiger partial charge in [0.15, 0.2) is 5.16 Å². The summed E-state index contributed by atoms with van der Waals surface area (Å²) in [5.74, 6) is 1.06. The third-order valence-corrected chi connectivity index (χ3v) is 7.57. The van der Waals surface area contributed by atoms with Crippen molar-refractivity contribution in [3.8, 4) is 0 Å². The van der Waals surface area contributed by atoms with Crippen molar-refractivity contribution in [2.24, 2.45) is 0 Å². The summed E-state index contributed by atoms with van der Waals surface area (Å²) in [5.41, 5.74) is 4.97. The first-order valence-electron chi connectivity index (χ1n) is 9.17. The van der Waals surface area contributed by atoms with E-state index in [-0.39, 0.29) is 6.04 Å². The summed E-state index contributed by atoms with van der Waals surface area (Å²) >= 11 is 3.86. The van der Waals surface area contributed by atoms with Gasteiger partial charge in [0.2, 0.25) is 0 Å². The van der Waals surface area contributed by atoms with Gasteiger partial charge in [0.05, 0.1) is 17.1 Å². The minimum absolute atomic E-state index is 0.279. The molecule has 0 aliphatic carbocycles. The van der Waals surface area contributed by atoms with Gasteiger partial charge in [0.25, 0.3) is 0 Å². The molecule has 2 atom stereocenters. The Labute approximate surface area is 168 Å². The highest BCUT2D eigenvalue weighted by molar-refractivity contribution is 8.03. The van der Waals surface area contributed by atoms with Gasteiger partial charge in [0, 0.05) is 15.9 Å². The van der Waals surface area contributed by atoms with Crippen LogP contribution in [0.5, 0.6) is 0 Å². The van der Waals surface area contributed by atoms with Gasteiger partial charge in [-0.1, -0.05) is 71.9 Å². The number of para-hydroxylation sites is 2. The van der Waals surface area contributed by atoms with Crippen LogP contribution in [-0.4, -0.2) is 20.6 Å². The summed E-state index contributed by atoms with van der Waals surface area (Å²) in [6, 6.07) is 28.5. The molecule has 2 heterocycles. The predicted molar refractivity (Wildman–Crippen MR) is 116 cm³/mol. The van der Waals surface area contributed by atoms with Crippen molar-refractivity contribution in [1.82, 2.24) is 9.55 Å². The van der Waals surface area contributed by atoms with E-state index in [1.165, 1.54) is 21.5 Å². The lowest BCUT2D eigenvalue weighted by atomic mass is 10.0. The fourth-order valence-electron chi connectivity index (χ4n) is 3.71. The molecule has 0 spiro atoms. The van der Waals surface area contributed by atoms with Crippen LogP contribution in [0.2, 0.25) is 0 Å². The number of hydrogen-bond donors (Lipinski definition) is 0. The van der Waals surface area contributed by atoms with E-state index < -0.39 is 0 Å². The van der Waals surface area contributed by atoms with Gasteiger partial charge in [-0.15, -0.1) is 11.8 Å². The molecule has 0 saturated carbocycles. The summed E-state index contributed by atoms with van der Waals surface area (Å²) in [6.45, 7) is 2.14. The number of hydrogen-bond acceptors (Lipinski definition) is 3. The number of imidazole rings is 1. The molecule has 0 fully saturated rings. The van der Waals surface area contributed by atoms with Crippen LogP contribution in [0.15, 0.2) is 88.9 Å². The summed E-state index contributed by atoms with van der Waals surface area (Å²) in [4.78, 5) is 6.23. The van der Waals surface area contributed by atoms with Crippen LogP contribution in [0.1, 0.15) is 17.2 Å². The molecule has 134 valence electrons. The zero-order valence-corrected chi connectivity index (χ0v) is 16.7. The molecule has 2 nitrogen and oxygen atoms in total. The van der Waals surface area contributed by atoms with Crippen molar-refractivity contribution in [2.75, 3.05) is 5.75 Å². The Balaban J connectivity index is 1.62. The number of nitrogens with zero attached hydrogens (tertiary/aromatic N) is 2. The van der Waals surface area contributed by atoms with Crippen LogP contribution in [0.4, 0.5) is 0 Å². The Morgan fingerprint density at radius 3 is 2.48 bits per heavy atom. The third-order valence-electron chi connectivity index (χ3n) is 5.02. The van der Waals surface area contributed by atoms with E-state index in [4.69, 9.17) is 4.98 Å². The highest BCUT2D eigenvalue weighted by atomic mass is 32.2. The van der Waals surface area contributed by atoms with Crippen LogP contribution < -0.4 is 0 Å². The molecule has 0 radical (unpaired) electrons. The van der Waals surface area contributed by atoms with E-state index in [1.54, 1.807) is 0 Å². The Bertz CT molecular complexity index is 1070. The normalized spacial score (nSPS) is 19.1. The smallest absolute Gasteiger partial charge is 0.169 e. The first-order chi connectivity index (χ1) is 13.3. The Kier molecular flexibility index (Phi) is 4.46. The molecule has 0 amide bonds. The fraction of sp³-hybridized carbons (Fsp3) is 0.174. The van der Waals surface area contributed by atoms with E-state index in [0.717, 1.165) is 16.4 Å². The van der Waals surface area contributed by atoms with Crippen LogP contribution in [0.25, 0.3) is 11.0 Å². The Morgan fingerprint density at radius 1 is 0.926 bits per heavy atom. The molecular weight excluding hydrogens is 368 g/mol. The molecule has 1 aliphatic rings. The number of rotatable bonds is 3. The van der Waals surface area contributed by atoms with Crippen LogP contribution >= 0.6 is 23.5 Å². The highest BCUT2D eigenvalue weighted by Gasteiger charge is 2.34. The molecule has 5 rings (SSSR count). The zero-order valence-electron chi connectivity index (χ0n) is 15.1. The molecule has 4 aromatic rings. The Hall–Kier alpha value is -2.17.